The van der Waals surface area contributed by atoms with Gasteiger partial charge in [-0.15, -0.1) is 16.7 Å². The van der Waals surface area contributed by atoms with Crippen LogP contribution in [0.1, 0.15) is 37.1 Å². The largest absolute Gasteiger partial charge is 0.338 e. The fourth-order valence-corrected chi connectivity index (χ4v) is 2.69. The lowest BCUT2D eigenvalue weighted by Crippen LogP contribution is -2.42. The fraction of sp³-hybridized carbons (Fsp3) is 0.750. The van der Waals surface area contributed by atoms with Crippen LogP contribution in [0.25, 0.3) is 0 Å². The summed E-state index contributed by atoms with van der Waals surface area (Å²) in [6, 6.07) is 0.328. The van der Waals surface area contributed by atoms with Crippen LogP contribution in [0.2, 0.25) is 0 Å². The molecule has 5 heteroatoms. The molecule has 17 heavy (non-hydrogen) atoms. The first kappa shape index (κ1) is 12.6. The zero-order valence-corrected chi connectivity index (χ0v) is 11.4. The highest BCUT2D eigenvalue weighted by atomic mass is 35.5. The van der Waals surface area contributed by atoms with Gasteiger partial charge in [-0.2, -0.15) is 5.10 Å². The zero-order valence-electron chi connectivity index (χ0n) is 10.6. The summed E-state index contributed by atoms with van der Waals surface area (Å²) in [4.78, 5) is 6.56. The van der Waals surface area contributed by atoms with Crippen molar-refractivity contribution in [3.05, 3.63) is 11.4 Å². The van der Waals surface area contributed by atoms with E-state index in [-0.39, 0.29) is 5.38 Å². The summed E-state index contributed by atoms with van der Waals surface area (Å²) < 4.78 is 0. The van der Waals surface area contributed by atoms with Gasteiger partial charge in [0, 0.05) is 13.1 Å². The van der Waals surface area contributed by atoms with Crippen LogP contribution in [0.5, 0.6) is 0 Å². The number of aryl methyl sites for hydroxylation is 2. The molecule has 0 radical (unpaired) electrons. The monoisotopic (exact) mass is 254 g/mol. The van der Waals surface area contributed by atoms with E-state index in [4.69, 9.17) is 11.6 Å². The molecule has 2 rings (SSSR count). The number of nitrogens with zero attached hydrogens (tertiary/aromatic N) is 4. The highest BCUT2D eigenvalue weighted by Crippen LogP contribution is 2.28. The van der Waals surface area contributed by atoms with E-state index in [2.05, 4.69) is 20.1 Å². The first-order valence-corrected chi connectivity index (χ1v) is 6.58. The molecule has 1 aromatic heterocycles. The van der Waals surface area contributed by atoms with Crippen LogP contribution >= 0.6 is 11.6 Å². The zero-order chi connectivity index (χ0) is 12.4. The second kappa shape index (κ2) is 5.17. The number of hydrogen-bond acceptors (Lipinski definition) is 4. The van der Waals surface area contributed by atoms with Crippen molar-refractivity contribution in [1.82, 2.24) is 15.2 Å². The average molecular weight is 255 g/mol. The summed E-state index contributed by atoms with van der Waals surface area (Å²) in [6.45, 7) is 3.88. The van der Waals surface area contributed by atoms with Gasteiger partial charge in [0.15, 0.2) is 0 Å². The molecule has 0 amide bonds. The molecule has 2 atom stereocenters. The second-order valence-electron chi connectivity index (χ2n) is 4.76. The van der Waals surface area contributed by atoms with Gasteiger partial charge in [0.05, 0.1) is 16.8 Å². The van der Waals surface area contributed by atoms with E-state index in [1.807, 2.05) is 20.9 Å². The van der Waals surface area contributed by atoms with Crippen LogP contribution in [0.3, 0.4) is 0 Å². The molecule has 0 aromatic carbocycles. The molecule has 1 aliphatic carbocycles. The molecule has 1 saturated carbocycles. The van der Waals surface area contributed by atoms with Gasteiger partial charge in [-0.05, 0) is 26.7 Å². The third-order valence-electron chi connectivity index (χ3n) is 3.54. The summed E-state index contributed by atoms with van der Waals surface area (Å²) in [5, 5.41) is 8.47. The van der Waals surface area contributed by atoms with Crippen molar-refractivity contribution in [2.45, 2.75) is 50.9 Å². The molecule has 0 bridgehead atoms. The fourth-order valence-electron chi connectivity index (χ4n) is 2.25. The Morgan fingerprint density at radius 3 is 2.47 bits per heavy atom. The van der Waals surface area contributed by atoms with Gasteiger partial charge in [-0.25, -0.2) is 4.98 Å². The molecule has 4 nitrogen and oxygen atoms in total. The van der Waals surface area contributed by atoms with E-state index in [0.717, 1.165) is 24.2 Å². The van der Waals surface area contributed by atoms with Gasteiger partial charge < -0.3 is 4.90 Å². The SMILES string of the molecule is Cc1nnc(N(C)C2CCCCC2Cl)nc1C. The maximum atomic E-state index is 6.38. The van der Waals surface area contributed by atoms with E-state index >= 15 is 0 Å². The standard InChI is InChI=1S/C12H19ClN4/c1-8-9(2)15-16-12(14-8)17(3)11-7-5-4-6-10(11)13/h10-11H,4-7H2,1-3H3. The summed E-state index contributed by atoms with van der Waals surface area (Å²) in [7, 11) is 2.01. The van der Waals surface area contributed by atoms with Crippen molar-refractivity contribution in [1.29, 1.82) is 0 Å². The Morgan fingerprint density at radius 1 is 1.12 bits per heavy atom. The van der Waals surface area contributed by atoms with Gasteiger partial charge >= 0.3 is 0 Å². The van der Waals surface area contributed by atoms with E-state index < -0.39 is 0 Å². The molecule has 2 unspecified atom stereocenters. The molecule has 1 heterocycles. The van der Waals surface area contributed by atoms with E-state index in [1.165, 1.54) is 12.8 Å². The number of alkyl halides is 1. The van der Waals surface area contributed by atoms with Crippen LogP contribution in [-0.4, -0.2) is 33.6 Å². The molecular formula is C12H19ClN4. The first-order valence-electron chi connectivity index (χ1n) is 6.14. The van der Waals surface area contributed by atoms with Crippen molar-refractivity contribution in [3.8, 4) is 0 Å². The van der Waals surface area contributed by atoms with Crippen molar-refractivity contribution >= 4 is 17.5 Å². The topological polar surface area (TPSA) is 41.9 Å². The summed E-state index contributed by atoms with van der Waals surface area (Å²) >= 11 is 6.38. The molecule has 1 aliphatic rings. The van der Waals surface area contributed by atoms with Gasteiger partial charge in [0.1, 0.15) is 0 Å². The van der Waals surface area contributed by atoms with Crippen LogP contribution in [0.15, 0.2) is 0 Å². The minimum Gasteiger partial charge on any atom is -0.338 e. The molecule has 0 saturated heterocycles. The van der Waals surface area contributed by atoms with Crippen LogP contribution < -0.4 is 4.90 Å². The number of hydrogen-bond donors (Lipinski definition) is 0. The van der Waals surface area contributed by atoms with Crippen molar-refractivity contribution in [3.63, 3.8) is 0 Å². The molecular weight excluding hydrogens is 236 g/mol. The Morgan fingerprint density at radius 2 is 1.82 bits per heavy atom. The molecule has 1 aromatic rings. The minimum atomic E-state index is 0.193. The van der Waals surface area contributed by atoms with E-state index in [9.17, 15) is 0 Å². The van der Waals surface area contributed by atoms with Crippen LogP contribution in [0.4, 0.5) is 5.95 Å². The van der Waals surface area contributed by atoms with Crippen LogP contribution in [0, 0.1) is 13.8 Å². The van der Waals surface area contributed by atoms with Crippen molar-refractivity contribution in [2.75, 3.05) is 11.9 Å². The highest BCUT2D eigenvalue weighted by molar-refractivity contribution is 6.21. The Labute approximate surface area is 107 Å². The van der Waals surface area contributed by atoms with Crippen LogP contribution in [-0.2, 0) is 0 Å². The van der Waals surface area contributed by atoms with Gasteiger partial charge in [-0.1, -0.05) is 12.8 Å². The predicted octanol–water partition coefficient (Wildman–Crippen LogP) is 2.47. The van der Waals surface area contributed by atoms with Crippen molar-refractivity contribution < 1.29 is 0 Å². The normalized spacial score (nSPS) is 24.7. The predicted molar refractivity (Wildman–Crippen MR) is 69.6 cm³/mol. The summed E-state index contributed by atoms with van der Waals surface area (Å²) in [6.07, 6.45) is 4.65. The maximum absolute atomic E-state index is 6.38. The summed E-state index contributed by atoms with van der Waals surface area (Å²) in [5.41, 5.74) is 1.82. The first-order chi connectivity index (χ1) is 8.09. The molecule has 1 fully saturated rings. The molecule has 0 aliphatic heterocycles. The van der Waals surface area contributed by atoms with Gasteiger partial charge in [0.25, 0.3) is 0 Å². The van der Waals surface area contributed by atoms with E-state index in [1.54, 1.807) is 0 Å². The molecule has 0 N–H and O–H groups in total. The highest BCUT2D eigenvalue weighted by Gasteiger charge is 2.28. The third-order valence-corrected chi connectivity index (χ3v) is 4.05. The number of halogens is 1. The average Bonchev–Trinajstić information content (AvgIpc) is 2.32. The smallest absolute Gasteiger partial charge is 0.245 e. The Hall–Kier alpha value is -0.900. The Balaban J connectivity index is 2.17. The van der Waals surface area contributed by atoms with E-state index in [0.29, 0.717) is 12.0 Å². The maximum Gasteiger partial charge on any atom is 0.245 e. The van der Waals surface area contributed by atoms with Crippen molar-refractivity contribution in [2.24, 2.45) is 0 Å². The quantitative estimate of drug-likeness (QED) is 0.761. The van der Waals surface area contributed by atoms with Gasteiger partial charge in [0.2, 0.25) is 5.95 Å². The lowest BCUT2D eigenvalue weighted by Gasteiger charge is -2.34. The van der Waals surface area contributed by atoms with Gasteiger partial charge in [-0.3, -0.25) is 0 Å². The lowest BCUT2D eigenvalue weighted by atomic mass is 9.94. The number of rotatable bonds is 2. The number of anilines is 1. The summed E-state index contributed by atoms with van der Waals surface area (Å²) in [5.74, 6) is 0.686. The Bertz CT molecular complexity index is 396. The Kier molecular flexibility index (Phi) is 3.82. The molecule has 94 valence electrons. The molecule has 0 spiro atoms. The second-order valence-corrected chi connectivity index (χ2v) is 5.32. The third kappa shape index (κ3) is 2.68. The number of aromatic nitrogens is 3. The minimum absolute atomic E-state index is 0.193. The lowest BCUT2D eigenvalue weighted by molar-refractivity contribution is 0.429.